The number of carbonyl (C=O) groups is 1. The number of primary amides is 1. The van der Waals surface area contributed by atoms with Crippen LogP contribution < -0.4 is 11.2 Å². The molecule has 0 spiro atoms. The summed E-state index contributed by atoms with van der Waals surface area (Å²) in [5.41, 5.74) is 8.17. The predicted molar refractivity (Wildman–Crippen MR) is 37.7 cm³/mol. The van der Waals surface area contributed by atoms with Crippen molar-refractivity contribution >= 4 is 17.8 Å². The van der Waals surface area contributed by atoms with Crippen LogP contribution >= 0.6 is 0 Å². The van der Waals surface area contributed by atoms with Crippen LogP contribution in [0, 0.1) is 0 Å². The lowest BCUT2D eigenvalue weighted by molar-refractivity contribution is -0.116. The average Bonchev–Trinajstić information content (AvgIpc) is 1.88. The minimum atomic E-state index is -0.382. The van der Waals surface area contributed by atoms with Gasteiger partial charge in [0.2, 0.25) is 5.91 Å². The third kappa shape index (κ3) is 1.85. The van der Waals surface area contributed by atoms with E-state index in [-0.39, 0.29) is 12.3 Å². The second-order valence-corrected chi connectivity index (χ2v) is 1.87. The Bertz CT molecular complexity index is 196. The topological polar surface area (TPSA) is 79.8 Å². The first-order valence-corrected chi connectivity index (χ1v) is 2.86. The largest absolute Gasteiger partial charge is 0.369 e. The molecule has 5 heteroatoms. The molecular formula is C5H8N4O. The fraction of sp³-hybridized carbons (Fsp3) is 0.400. The van der Waals surface area contributed by atoms with Gasteiger partial charge in [0.05, 0.1) is 18.3 Å². The molecule has 5 nitrogen and oxygen atoms in total. The summed E-state index contributed by atoms with van der Waals surface area (Å²) < 4.78 is 0. The van der Waals surface area contributed by atoms with Crippen molar-refractivity contribution in [2.75, 3.05) is 6.67 Å². The second-order valence-electron chi connectivity index (χ2n) is 1.87. The van der Waals surface area contributed by atoms with Gasteiger partial charge in [-0.25, -0.2) is 0 Å². The highest BCUT2D eigenvalue weighted by atomic mass is 16.1. The Balaban J connectivity index is 2.48. The van der Waals surface area contributed by atoms with Gasteiger partial charge in [-0.15, -0.1) is 0 Å². The summed E-state index contributed by atoms with van der Waals surface area (Å²) in [6.07, 6.45) is 1.67. The molecule has 0 atom stereocenters. The number of hydrazone groups is 1. The molecule has 0 aromatic carbocycles. The standard InChI is InChI=1S/C5H8N4O/c6-5(10)1-4-2-8-9-3-7-4/h2,9H,1,3H2,(H2,6,10). The third-order valence-corrected chi connectivity index (χ3v) is 1.01. The van der Waals surface area contributed by atoms with Gasteiger partial charge in [0.1, 0.15) is 6.67 Å². The molecule has 1 aliphatic rings. The van der Waals surface area contributed by atoms with Gasteiger partial charge in [-0.1, -0.05) is 0 Å². The summed E-state index contributed by atoms with van der Waals surface area (Å²) in [5.74, 6) is -0.382. The van der Waals surface area contributed by atoms with Crippen LogP contribution in [0.5, 0.6) is 0 Å². The van der Waals surface area contributed by atoms with E-state index in [1.54, 1.807) is 0 Å². The van der Waals surface area contributed by atoms with Crippen LogP contribution in [0.25, 0.3) is 0 Å². The minimum Gasteiger partial charge on any atom is -0.369 e. The highest BCUT2D eigenvalue weighted by molar-refractivity contribution is 6.34. The first-order valence-electron chi connectivity index (χ1n) is 2.86. The molecule has 1 rings (SSSR count). The summed E-state index contributed by atoms with van der Waals surface area (Å²) >= 11 is 0. The summed E-state index contributed by atoms with van der Waals surface area (Å²) in [6.45, 7) is 0.430. The van der Waals surface area contributed by atoms with E-state index in [1.165, 1.54) is 6.21 Å². The van der Waals surface area contributed by atoms with E-state index in [0.717, 1.165) is 0 Å². The number of carbonyl (C=O) groups excluding carboxylic acids is 1. The summed E-state index contributed by atoms with van der Waals surface area (Å²) in [5, 5.41) is 3.70. The van der Waals surface area contributed by atoms with Crippen LogP contribution in [0.3, 0.4) is 0 Å². The van der Waals surface area contributed by atoms with E-state index in [4.69, 9.17) is 5.73 Å². The van der Waals surface area contributed by atoms with Gasteiger partial charge in [-0.2, -0.15) is 5.10 Å². The highest BCUT2D eigenvalue weighted by Gasteiger charge is 2.02. The number of hydrogen-bond acceptors (Lipinski definition) is 4. The molecule has 1 heterocycles. The number of amides is 1. The Hall–Kier alpha value is -1.39. The van der Waals surface area contributed by atoms with E-state index in [1.807, 2.05) is 0 Å². The van der Waals surface area contributed by atoms with Crippen molar-refractivity contribution in [2.45, 2.75) is 6.42 Å². The molecule has 0 saturated carbocycles. The number of aliphatic imine (C=N–C) groups is 1. The monoisotopic (exact) mass is 140 g/mol. The second kappa shape index (κ2) is 2.95. The van der Waals surface area contributed by atoms with Gasteiger partial charge in [0, 0.05) is 0 Å². The van der Waals surface area contributed by atoms with Crippen molar-refractivity contribution in [3.8, 4) is 0 Å². The van der Waals surface area contributed by atoms with Gasteiger partial charge in [0.15, 0.2) is 0 Å². The Labute approximate surface area is 58.0 Å². The Kier molecular flexibility index (Phi) is 1.99. The first-order chi connectivity index (χ1) is 4.79. The molecule has 0 aromatic heterocycles. The van der Waals surface area contributed by atoms with Crippen molar-refractivity contribution in [3.63, 3.8) is 0 Å². The SMILES string of the molecule is NC(=O)CC1=NCNN=C1. The molecule has 1 aliphatic heterocycles. The molecule has 54 valence electrons. The Morgan fingerprint density at radius 3 is 3.20 bits per heavy atom. The number of rotatable bonds is 2. The van der Waals surface area contributed by atoms with Gasteiger partial charge in [-0.05, 0) is 0 Å². The minimum absolute atomic E-state index is 0.172. The van der Waals surface area contributed by atoms with Crippen molar-refractivity contribution in [1.29, 1.82) is 0 Å². The van der Waals surface area contributed by atoms with Gasteiger partial charge >= 0.3 is 0 Å². The van der Waals surface area contributed by atoms with Crippen molar-refractivity contribution < 1.29 is 4.79 Å². The zero-order chi connectivity index (χ0) is 7.40. The molecule has 0 bridgehead atoms. The molecular weight excluding hydrogens is 132 g/mol. The zero-order valence-corrected chi connectivity index (χ0v) is 5.37. The van der Waals surface area contributed by atoms with E-state index in [2.05, 4.69) is 15.5 Å². The first kappa shape index (κ1) is 6.73. The Morgan fingerprint density at radius 2 is 2.70 bits per heavy atom. The fourth-order valence-corrected chi connectivity index (χ4v) is 0.619. The number of nitrogens with one attached hydrogen (secondary N) is 1. The maximum absolute atomic E-state index is 10.3. The highest BCUT2D eigenvalue weighted by Crippen LogP contribution is 1.86. The average molecular weight is 140 g/mol. The number of nitrogens with zero attached hydrogens (tertiary/aromatic N) is 2. The molecule has 0 aliphatic carbocycles. The normalized spacial score (nSPS) is 15.8. The number of nitrogens with two attached hydrogens (primary N) is 1. The molecule has 0 aromatic rings. The lowest BCUT2D eigenvalue weighted by Gasteiger charge is -2.03. The zero-order valence-electron chi connectivity index (χ0n) is 5.37. The Morgan fingerprint density at radius 1 is 1.90 bits per heavy atom. The van der Waals surface area contributed by atoms with Gasteiger partial charge in [-0.3, -0.25) is 15.2 Å². The molecule has 0 saturated heterocycles. The van der Waals surface area contributed by atoms with Crippen LogP contribution in [0.2, 0.25) is 0 Å². The molecule has 0 fully saturated rings. The molecule has 0 unspecified atom stereocenters. The summed E-state index contributed by atoms with van der Waals surface area (Å²) in [4.78, 5) is 14.3. The lowest BCUT2D eigenvalue weighted by Crippen LogP contribution is -2.22. The fourth-order valence-electron chi connectivity index (χ4n) is 0.619. The van der Waals surface area contributed by atoms with Crippen LogP contribution in [-0.2, 0) is 4.79 Å². The van der Waals surface area contributed by atoms with Crippen molar-refractivity contribution in [2.24, 2.45) is 15.8 Å². The van der Waals surface area contributed by atoms with E-state index in [0.29, 0.717) is 12.4 Å². The predicted octanol–water partition coefficient (Wildman–Crippen LogP) is -1.15. The molecule has 10 heavy (non-hydrogen) atoms. The maximum atomic E-state index is 10.3. The summed E-state index contributed by atoms with van der Waals surface area (Å²) in [6, 6.07) is 0. The van der Waals surface area contributed by atoms with Gasteiger partial charge in [0.25, 0.3) is 0 Å². The van der Waals surface area contributed by atoms with Crippen molar-refractivity contribution in [3.05, 3.63) is 0 Å². The number of hydrogen-bond donors (Lipinski definition) is 2. The van der Waals surface area contributed by atoms with E-state index in [9.17, 15) is 4.79 Å². The van der Waals surface area contributed by atoms with Gasteiger partial charge < -0.3 is 5.73 Å². The molecule has 0 radical (unpaired) electrons. The quantitative estimate of drug-likeness (QED) is 0.508. The lowest BCUT2D eigenvalue weighted by atomic mass is 10.3. The van der Waals surface area contributed by atoms with Crippen molar-refractivity contribution in [1.82, 2.24) is 5.43 Å². The van der Waals surface area contributed by atoms with Crippen LogP contribution in [0.1, 0.15) is 6.42 Å². The summed E-state index contributed by atoms with van der Waals surface area (Å²) in [7, 11) is 0. The van der Waals surface area contributed by atoms with Crippen LogP contribution in [-0.4, -0.2) is 24.5 Å². The third-order valence-electron chi connectivity index (χ3n) is 1.01. The van der Waals surface area contributed by atoms with Crippen LogP contribution in [0.4, 0.5) is 0 Å². The molecule has 1 amide bonds. The molecule has 3 N–H and O–H groups in total. The van der Waals surface area contributed by atoms with E-state index < -0.39 is 0 Å². The van der Waals surface area contributed by atoms with Crippen LogP contribution in [0.15, 0.2) is 10.1 Å². The smallest absolute Gasteiger partial charge is 0.223 e. The van der Waals surface area contributed by atoms with E-state index >= 15 is 0 Å². The maximum Gasteiger partial charge on any atom is 0.223 e.